The molecule has 1 unspecified atom stereocenters. The molecule has 0 bridgehead atoms. The Hall–Kier alpha value is -1.16. The Labute approximate surface area is 70.8 Å². The average Bonchev–Trinajstić information content (AvgIpc) is 2.05. The number of carbonyl (C=O) groups is 2. The second kappa shape index (κ2) is 6.54. The van der Waals surface area contributed by atoms with Crippen molar-refractivity contribution in [2.24, 2.45) is 0 Å². The third kappa shape index (κ3) is 4.62. The number of hydrogen-bond acceptors (Lipinski definition) is 4. The molecular formula is C8H12O4. The van der Waals surface area contributed by atoms with Gasteiger partial charge in [-0.2, -0.15) is 0 Å². The minimum absolute atomic E-state index is 0.109. The first-order valence-electron chi connectivity index (χ1n) is 3.67. The molecule has 0 saturated heterocycles. The molecule has 0 aliphatic rings. The molecule has 0 aromatic rings. The lowest BCUT2D eigenvalue weighted by Crippen LogP contribution is -2.22. The average molecular weight is 172 g/mol. The number of rotatable bonds is 5. The molecule has 0 amide bonds. The zero-order chi connectivity index (χ0) is 9.40. The lowest BCUT2D eigenvalue weighted by molar-refractivity contribution is -0.152. The van der Waals surface area contributed by atoms with Gasteiger partial charge in [-0.05, 0) is 13.0 Å². The Bertz CT molecular complexity index is 174. The van der Waals surface area contributed by atoms with Crippen molar-refractivity contribution in [3.63, 3.8) is 0 Å². The fourth-order valence-electron chi connectivity index (χ4n) is 0.598. The van der Waals surface area contributed by atoms with E-state index in [4.69, 9.17) is 5.11 Å². The van der Waals surface area contributed by atoms with Crippen LogP contribution in [0.15, 0.2) is 12.2 Å². The molecular weight excluding hydrogens is 160 g/mol. The lowest BCUT2D eigenvalue weighted by Gasteiger charge is -2.05. The SMILES string of the molecule is CCOC(=O)C(O)C/C=C/C=O. The number of allylic oxidation sites excluding steroid dienone is 1. The Balaban J connectivity index is 3.70. The molecule has 0 aromatic heterocycles. The third-order valence-electron chi connectivity index (χ3n) is 1.13. The molecule has 0 saturated carbocycles. The van der Waals surface area contributed by atoms with Crippen LogP contribution in [-0.4, -0.2) is 30.1 Å². The number of carbonyl (C=O) groups excluding carboxylic acids is 2. The molecule has 68 valence electrons. The van der Waals surface area contributed by atoms with Gasteiger partial charge in [0.25, 0.3) is 0 Å². The van der Waals surface area contributed by atoms with Crippen LogP contribution in [0, 0.1) is 0 Å². The van der Waals surface area contributed by atoms with Crippen LogP contribution in [0.4, 0.5) is 0 Å². The van der Waals surface area contributed by atoms with Gasteiger partial charge in [0.1, 0.15) is 6.29 Å². The minimum Gasteiger partial charge on any atom is -0.464 e. The van der Waals surface area contributed by atoms with Gasteiger partial charge in [-0.1, -0.05) is 6.08 Å². The van der Waals surface area contributed by atoms with E-state index < -0.39 is 12.1 Å². The van der Waals surface area contributed by atoms with E-state index in [2.05, 4.69) is 4.74 Å². The summed E-state index contributed by atoms with van der Waals surface area (Å²) in [5, 5.41) is 9.03. The third-order valence-corrected chi connectivity index (χ3v) is 1.13. The monoisotopic (exact) mass is 172 g/mol. The molecule has 0 rings (SSSR count). The van der Waals surface area contributed by atoms with Gasteiger partial charge in [-0.3, -0.25) is 4.79 Å². The zero-order valence-corrected chi connectivity index (χ0v) is 6.90. The summed E-state index contributed by atoms with van der Waals surface area (Å²) in [7, 11) is 0. The molecule has 4 heteroatoms. The standard InChI is InChI=1S/C8H12O4/c1-2-12-8(11)7(10)5-3-4-6-9/h3-4,6-7,10H,2,5H2,1H3/b4-3+. The number of ether oxygens (including phenoxy) is 1. The van der Waals surface area contributed by atoms with Gasteiger partial charge in [-0.15, -0.1) is 0 Å². The van der Waals surface area contributed by atoms with Crippen molar-refractivity contribution in [1.29, 1.82) is 0 Å². The summed E-state index contributed by atoms with van der Waals surface area (Å²) in [6.45, 7) is 1.90. The number of hydrogen-bond donors (Lipinski definition) is 1. The van der Waals surface area contributed by atoms with Gasteiger partial charge in [0.05, 0.1) is 6.61 Å². The van der Waals surface area contributed by atoms with Gasteiger partial charge in [0.15, 0.2) is 6.10 Å². The number of aldehydes is 1. The summed E-state index contributed by atoms with van der Waals surface area (Å²) in [5.74, 6) is -0.659. The minimum atomic E-state index is -1.17. The van der Waals surface area contributed by atoms with Crippen molar-refractivity contribution in [2.75, 3.05) is 6.61 Å². The molecule has 0 fully saturated rings. The second-order valence-corrected chi connectivity index (χ2v) is 2.07. The Kier molecular flexibility index (Phi) is 5.91. The van der Waals surface area contributed by atoms with Crippen molar-refractivity contribution in [3.05, 3.63) is 12.2 Å². The first kappa shape index (κ1) is 10.8. The van der Waals surface area contributed by atoms with E-state index in [1.807, 2.05) is 0 Å². The van der Waals surface area contributed by atoms with Crippen molar-refractivity contribution >= 4 is 12.3 Å². The van der Waals surface area contributed by atoms with Crippen molar-refractivity contribution in [1.82, 2.24) is 0 Å². The quantitative estimate of drug-likeness (QED) is 0.361. The molecule has 12 heavy (non-hydrogen) atoms. The molecule has 1 atom stereocenters. The number of aliphatic hydroxyl groups excluding tert-OH is 1. The maximum Gasteiger partial charge on any atom is 0.335 e. The molecule has 0 spiro atoms. The van der Waals surface area contributed by atoms with Crippen LogP contribution in [0.1, 0.15) is 13.3 Å². The van der Waals surface area contributed by atoms with Crippen molar-refractivity contribution in [3.8, 4) is 0 Å². The molecule has 0 aliphatic heterocycles. The Morgan fingerprint density at radius 1 is 1.67 bits per heavy atom. The smallest absolute Gasteiger partial charge is 0.335 e. The molecule has 0 heterocycles. The van der Waals surface area contributed by atoms with Crippen LogP contribution >= 0.6 is 0 Å². The summed E-state index contributed by atoms with van der Waals surface area (Å²) in [5.41, 5.74) is 0. The van der Waals surface area contributed by atoms with Gasteiger partial charge >= 0.3 is 5.97 Å². The summed E-state index contributed by atoms with van der Waals surface area (Å²) in [4.78, 5) is 20.5. The highest BCUT2D eigenvalue weighted by molar-refractivity contribution is 5.74. The first-order valence-corrected chi connectivity index (χ1v) is 3.67. The maximum absolute atomic E-state index is 10.7. The second-order valence-electron chi connectivity index (χ2n) is 2.07. The van der Waals surface area contributed by atoms with E-state index in [9.17, 15) is 9.59 Å². The topological polar surface area (TPSA) is 63.6 Å². The van der Waals surface area contributed by atoms with Gasteiger partial charge in [-0.25, -0.2) is 4.79 Å². The van der Waals surface area contributed by atoms with Crippen LogP contribution < -0.4 is 0 Å². The summed E-state index contributed by atoms with van der Waals surface area (Å²) in [6.07, 6.45) is 2.16. The highest BCUT2D eigenvalue weighted by Gasteiger charge is 2.13. The molecule has 0 radical (unpaired) electrons. The van der Waals surface area contributed by atoms with E-state index in [-0.39, 0.29) is 13.0 Å². The van der Waals surface area contributed by atoms with Crippen molar-refractivity contribution in [2.45, 2.75) is 19.4 Å². The lowest BCUT2D eigenvalue weighted by atomic mass is 10.2. The van der Waals surface area contributed by atoms with Gasteiger partial charge in [0, 0.05) is 6.42 Å². The van der Waals surface area contributed by atoms with E-state index in [1.54, 1.807) is 6.92 Å². The summed E-state index contributed by atoms with van der Waals surface area (Å²) in [6, 6.07) is 0. The number of aliphatic hydroxyl groups is 1. The van der Waals surface area contributed by atoms with Crippen LogP contribution in [0.2, 0.25) is 0 Å². The fourth-order valence-corrected chi connectivity index (χ4v) is 0.598. The predicted molar refractivity (Wildman–Crippen MR) is 42.5 cm³/mol. The van der Waals surface area contributed by atoms with E-state index in [0.29, 0.717) is 6.29 Å². The Morgan fingerprint density at radius 3 is 2.83 bits per heavy atom. The molecule has 4 nitrogen and oxygen atoms in total. The fraction of sp³-hybridized carbons (Fsp3) is 0.500. The molecule has 0 aromatic carbocycles. The summed E-state index contributed by atoms with van der Waals surface area (Å²) < 4.78 is 4.52. The van der Waals surface area contributed by atoms with Crippen LogP contribution in [0.25, 0.3) is 0 Å². The van der Waals surface area contributed by atoms with E-state index >= 15 is 0 Å². The van der Waals surface area contributed by atoms with Crippen LogP contribution in [0.3, 0.4) is 0 Å². The highest BCUT2D eigenvalue weighted by Crippen LogP contribution is 1.95. The predicted octanol–water partition coefficient (Wildman–Crippen LogP) is 0.0556. The zero-order valence-electron chi connectivity index (χ0n) is 6.90. The van der Waals surface area contributed by atoms with E-state index in [1.165, 1.54) is 12.2 Å². The number of esters is 1. The summed E-state index contributed by atoms with van der Waals surface area (Å²) >= 11 is 0. The molecule has 1 N–H and O–H groups in total. The van der Waals surface area contributed by atoms with E-state index in [0.717, 1.165) is 0 Å². The first-order chi connectivity index (χ1) is 5.72. The normalized spacial score (nSPS) is 12.8. The van der Waals surface area contributed by atoms with Crippen molar-refractivity contribution < 1.29 is 19.4 Å². The maximum atomic E-state index is 10.7. The van der Waals surface area contributed by atoms with Crippen LogP contribution in [0.5, 0.6) is 0 Å². The van der Waals surface area contributed by atoms with Gasteiger partial charge < -0.3 is 9.84 Å². The Morgan fingerprint density at radius 2 is 2.33 bits per heavy atom. The highest BCUT2D eigenvalue weighted by atomic mass is 16.5. The van der Waals surface area contributed by atoms with Gasteiger partial charge in [0.2, 0.25) is 0 Å². The van der Waals surface area contributed by atoms with Crippen LogP contribution in [-0.2, 0) is 14.3 Å². The molecule has 0 aliphatic carbocycles. The largest absolute Gasteiger partial charge is 0.464 e.